The van der Waals surface area contributed by atoms with E-state index in [-0.39, 0.29) is 12.5 Å². The van der Waals surface area contributed by atoms with Crippen molar-refractivity contribution in [1.82, 2.24) is 20.4 Å². The predicted molar refractivity (Wildman–Crippen MR) is 179 cm³/mol. The highest BCUT2D eigenvalue weighted by molar-refractivity contribution is 7.85. The van der Waals surface area contributed by atoms with Crippen LogP contribution in [0.2, 0.25) is 0 Å². The first-order valence-corrected chi connectivity index (χ1v) is 17.2. The van der Waals surface area contributed by atoms with Crippen LogP contribution in [0.15, 0.2) is 73.1 Å². The van der Waals surface area contributed by atoms with Crippen molar-refractivity contribution in [2.24, 2.45) is 0 Å². The van der Waals surface area contributed by atoms with Crippen molar-refractivity contribution < 1.29 is 22.6 Å². The highest BCUT2D eigenvalue weighted by Crippen LogP contribution is 2.35. The lowest BCUT2D eigenvalue weighted by molar-refractivity contribution is -0.118. The predicted octanol–water partition coefficient (Wildman–Crippen LogP) is 4.68. The van der Waals surface area contributed by atoms with Gasteiger partial charge in [-0.15, -0.1) is 0 Å². The Morgan fingerprint density at radius 2 is 1.83 bits per heavy atom. The lowest BCUT2D eigenvalue weighted by Gasteiger charge is -2.31. The fourth-order valence-corrected chi connectivity index (χ4v) is 6.22. The van der Waals surface area contributed by atoms with Crippen LogP contribution >= 0.6 is 0 Å². The molecule has 4 aromatic rings. The molecule has 1 aromatic heterocycles. The van der Waals surface area contributed by atoms with Gasteiger partial charge < -0.3 is 15.5 Å². The molecule has 1 aliphatic rings. The van der Waals surface area contributed by atoms with Crippen molar-refractivity contribution in [2.75, 3.05) is 30.3 Å². The normalized spacial score (nSPS) is 13.0. The molecule has 1 aliphatic heterocycles. The van der Waals surface area contributed by atoms with Gasteiger partial charge in [-0.3, -0.25) is 18.8 Å². The minimum Gasteiger partial charge on any atom is -0.351 e. The average molecular weight is 644 g/mol. The number of rotatable bonds is 13. The third-order valence-electron chi connectivity index (χ3n) is 8.45. The van der Waals surface area contributed by atoms with Crippen molar-refractivity contribution >= 4 is 27.6 Å². The molecule has 46 heavy (non-hydrogen) atoms. The van der Waals surface area contributed by atoms with Gasteiger partial charge in [0, 0.05) is 49.1 Å². The first kappa shape index (κ1) is 33.1. The molecule has 0 bridgehead atoms. The summed E-state index contributed by atoms with van der Waals surface area (Å²) in [7, 11) is -4.15. The molecule has 11 heteroatoms. The number of amides is 2. The van der Waals surface area contributed by atoms with E-state index in [0.29, 0.717) is 25.1 Å². The Morgan fingerprint density at radius 1 is 1.02 bits per heavy atom. The number of anilines is 1. The maximum atomic E-state index is 13.3. The topological polar surface area (TPSA) is 134 Å². The molecule has 0 saturated carbocycles. The Kier molecular flexibility index (Phi) is 10.7. The molecule has 0 saturated heterocycles. The van der Waals surface area contributed by atoms with Crippen LogP contribution in [0.25, 0.3) is 11.1 Å². The number of hydrogen-bond acceptors (Lipinski definition) is 6. The van der Waals surface area contributed by atoms with Gasteiger partial charge in [0.05, 0.1) is 18.5 Å². The smallest absolute Gasteiger partial charge is 0.266 e. The van der Waals surface area contributed by atoms with Crippen LogP contribution in [0.5, 0.6) is 0 Å². The molecule has 0 unspecified atom stereocenters. The molecular formula is C35H41N5O5S. The van der Waals surface area contributed by atoms with Crippen molar-refractivity contribution in [3.63, 3.8) is 0 Å². The number of fused-ring (bicyclic) bond motifs is 1. The number of nitrogens with zero attached hydrogens (tertiary/aromatic N) is 3. The van der Waals surface area contributed by atoms with E-state index in [1.807, 2.05) is 35.5 Å². The van der Waals surface area contributed by atoms with Gasteiger partial charge in [0.2, 0.25) is 5.91 Å². The summed E-state index contributed by atoms with van der Waals surface area (Å²) in [5, 5.41) is 10.6. The van der Waals surface area contributed by atoms with Crippen LogP contribution in [0.3, 0.4) is 0 Å². The van der Waals surface area contributed by atoms with E-state index < -0.39 is 21.8 Å². The first-order chi connectivity index (χ1) is 22.1. The fraction of sp³-hybridized carbons (Fsp3) is 0.343. The standard InChI is InChI=1S/C35H41N5O5S/c1-25-8-3-11-29(26(25)2)21-36-16-6-15-34(41)40-18-7-13-32-31(12-5-14-33(32)40)30-22-38-39(24-30)23-27-9-4-10-28(20-27)35(42)37-17-19-46(43,44)45/h3-5,8-12,14,20,22,24,36H,6-7,13,15-19,21,23H2,1-2H3,(H,37,42)(H,43,44,45). The maximum Gasteiger partial charge on any atom is 0.266 e. The summed E-state index contributed by atoms with van der Waals surface area (Å²) < 4.78 is 32.5. The average Bonchev–Trinajstić information content (AvgIpc) is 3.49. The van der Waals surface area contributed by atoms with Gasteiger partial charge >= 0.3 is 0 Å². The lowest BCUT2D eigenvalue weighted by Crippen LogP contribution is -2.36. The summed E-state index contributed by atoms with van der Waals surface area (Å²) in [6, 6.07) is 19.5. The monoisotopic (exact) mass is 643 g/mol. The molecule has 2 heterocycles. The zero-order chi connectivity index (χ0) is 32.7. The number of aromatic nitrogens is 2. The van der Waals surface area contributed by atoms with Gasteiger partial charge in [-0.25, -0.2) is 0 Å². The Hall–Kier alpha value is -4.32. The summed E-state index contributed by atoms with van der Waals surface area (Å²) in [6.07, 6.45) is 6.83. The van der Waals surface area contributed by atoms with Crippen LogP contribution in [-0.4, -0.2) is 60.0 Å². The second-order valence-corrected chi connectivity index (χ2v) is 13.3. The van der Waals surface area contributed by atoms with Crippen LogP contribution in [0.4, 0.5) is 5.69 Å². The minimum absolute atomic E-state index is 0.143. The molecule has 0 spiro atoms. The number of hydrogen-bond donors (Lipinski definition) is 3. The number of aryl methyl sites for hydroxylation is 1. The SMILES string of the molecule is Cc1cccc(CNCCCC(=O)N2CCCc3c(-c4cnn(Cc5cccc(C(=O)NCCS(=O)(=O)O)c5)c4)cccc32)c1C. The van der Waals surface area contributed by atoms with E-state index in [2.05, 4.69) is 53.8 Å². The Balaban J connectivity index is 1.19. The molecule has 2 amide bonds. The molecule has 0 atom stereocenters. The van der Waals surface area contributed by atoms with Crippen LogP contribution in [0.1, 0.15) is 57.4 Å². The van der Waals surface area contributed by atoms with Gasteiger partial charge in [-0.1, -0.05) is 42.5 Å². The Bertz CT molecular complexity index is 1820. The third-order valence-corrected chi connectivity index (χ3v) is 9.17. The van der Waals surface area contributed by atoms with Gasteiger partial charge in [0.15, 0.2) is 0 Å². The van der Waals surface area contributed by atoms with E-state index >= 15 is 0 Å². The van der Waals surface area contributed by atoms with Gasteiger partial charge in [-0.05, 0) is 91.2 Å². The van der Waals surface area contributed by atoms with Crippen LogP contribution in [-0.2, 0) is 34.4 Å². The summed E-state index contributed by atoms with van der Waals surface area (Å²) in [5.41, 5.74) is 9.27. The van der Waals surface area contributed by atoms with E-state index in [1.54, 1.807) is 22.9 Å². The minimum atomic E-state index is -4.15. The molecule has 3 N–H and O–H groups in total. The molecule has 0 radical (unpaired) electrons. The van der Waals surface area contributed by atoms with Gasteiger partial charge in [0.1, 0.15) is 0 Å². The molecular weight excluding hydrogens is 602 g/mol. The van der Waals surface area contributed by atoms with Crippen LogP contribution < -0.4 is 15.5 Å². The quantitative estimate of drug-likeness (QED) is 0.142. The van der Waals surface area contributed by atoms with Crippen molar-refractivity contribution in [1.29, 1.82) is 0 Å². The summed E-state index contributed by atoms with van der Waals surface area (Å²) in [5.74, 6) is -0.824. The molecule has 3 aromatic carbocycles. The van der Waals surface area contributed by atoms with Gasteiger partial charge in [0.25, 0.3) is 16.0 Å². The second kappa shape index (κ2) is 14.8. The number of nitrogens with one attached hydrogen (secondary N) is 2. The van der Waals surface area contributed by atoms with E-state index in [9.17, 15) is 18.0 Å². The number of benzene rings is 3. The van der Waals surface area contributed by atoms with Crippen molar-refractivity contribution in [3.05, 3.63) is 106 Å². The number of carbonyl (C=O) groups excluding carboxylic acids is 2. The zero-order valence-corrected chi connectivity index (χ0v) is 27.1. The highest BCUT2D eigenvalue weighted by Gasteiger charge is 2.24. The number of carbonyl (C=O) groups is 2. The maximum absolute atomic E-state index is 13.3. The fourth-order valence-electron chi connectivity index (χ4n) is 5.86. The zero-order valence-electron chi connectivity index (χ0n) is 26.3. The summed E-state index contributed by atoms with van der Waals surface area (Å²) >= 11 is 0. The van der Waals surface area contributed by atoms with E-state index in [4.69, 9.17) is 4.55 Å². The Labute approximate surface area is 270 Å². The summed E-state index contributed by atoms with van der Waals surface area (Å²) in [4.78, 5) is 27.7. The highest BCUT2D eigenvalue weighted by atomic mass is 32.2. The van der Waals surface area contributed by atoms with Crippen molar-refractivity contribution in [3.8, 4) is 11.1 Å². The third kappa shape index (κ3) is 8.48. The van der Waals surface area contributed by atoms with E-state index in [1.165, 1.54) is 16.7 Å². The Morgan fingerprint density at radius 3 is 2.65 bits per heavy atom. The molecule has 242 valence electrons. The van der Waals surface area contributed by atoms with Gasteiger partial charge in [-0.2, -0.15) is 13.5 Å². The van der Waals surface area contributed by atoms with E-state index in [0.717, 1.165) is 60.3 Å². The molecule has 0 fully saturated rings. The second-order valence-electron chi connectivity index (χ2n) is 11.8. The van der Waals surface area contributed by atoms with Crippen molar-refractivity contribution in [2.45, 2.75) is 52.6 Å². The van der Waals surface area contributed by atoms with Crippen LogP contribution in [0, 0.1) is 13.8 Å². The lowest BCUT2D eigenvalue weighted by atomic mass is 9.93. The first-order valence-electron chi connectivity index (χ1n) is 15.6. The molecule has 10 nitrogen and oxygen atoms in total. The summed E-state index contributed by atoms with van der Waals surface area (Å²) in [6.45, 7) is 6.81. The largest absolute Gasteiger partial charge is 0.351 e. The molecule has 5 rings (SSSR count). The molecule has 0 aliphatic carbocycles.